The van der Waals surface area contributed by atoms with Crippen LogP contribution in [0.5, 0.6) is 0 Å². The number of ether oxygens (including phenoxy) is 1. The maximum atomic E-state index is 5.71. The quantitative estimate of drug-likeness (QED) is 0.775. The summed E-state index contributed by atoms with van der Waals surface area (Å²) in [6, 6.07) is 0. The zero-order valence-corrected chi connectivity index (χ0v) is 12.7. The van der Waals surface area contributed by atoms with E-state index in [0.29, 0.717) is 0 Å². The van der Waals surface area contributed by atoms with Crippen molar-refractivity contribution in [1.82, 2.24) is 2.89 Å². The van der Waals surface area contributed by atoms with Crippen LogP contribution in [-0.2, 0) is 4.74 Å². The molecule has 2 heterocycles. The van der Waals surface area contributed by atoms with E-state index in [1.165, 1.54) is 51.6 Å². The molecule has 14 heavy (non-hydrogen) atoms. The number of nitrogens with zero attached hydrogens (tertiary/aromatic N) is 1. The van der Waals surface area contributed by atoms with Crippen LogP contribution < -0.4 is 0 Å². The number of rotatable bonds is 2. The first-order valence-electron chi connectivity index (χ1n) is 6.18. The Hall–Kier alpha value is 0.790. The minimum absolute atomic E-state index is 0.726. The van der Waals surface area contributed by atoms with Gasteiger partial charge in [-0.1, -0.05) is 0 Å². The summed E-state index contributed by atoms with van der Waals surface area (Å²) in [4.78, 5) is 0. The molecule has 3 heteroatoms. The summed E-state index contributed by atoms with van der Waals surface area (Å²) in [5.74, 6) is 0. The van der Waals surface area contributed by atoms with Crippen LogP contribution in [-0.4, -0.2) is 48.7 Å². The van der Waals surface area contributed by atoms with Crippen molar-refractivity contribution < 1.29 is 4.74 Å². The molecule has 2 fully saturated rings. The molecule has 2 aliphatic rings. The van der Waals surface area contributed by atoms with Crippen LogP contribution >= 0.6 is 0 Å². The van der Waals surface area contributed by atoms with Gasteiger partial charge in [0.1, 0.15) is 0 Å². The Balaban J connectivity index is 1.91. The van der Waals surface area contributed by atoms with Crippen molar-refractivity contribution in [3.8, 4) is 0 Å². The van der Waals surface area contributed by atoms with Crippen molar-refractivity contribution >= 4 is 21.7 Å². The van der Waals surface area contributed by atoms with Gasteiger partial charge in [0.15, 0.2) is 0 Å². The van der Waals surface area contributed by atoms with E-state index in [1.54, 1.807) is 4.18 Å². The van der Waals surface area contributed by atoms with Gasteiger partial charge < -0.3 is 0 Å². The van der Waals surface area contributed by atoms with Crippen LogP contribution in [0.25, 0.3) is 0 Å². The predicted molar refractivity (Wildman–Crippen MR) is 60.6 cm³/mol. The number of hydrogen-bond acceptors (Lipinski definition) is 2. The molecule has 0 bridgehead atoms. The fraction of sp³-hybridized carbons (Fsp3) is 1.00. The molecule has 0 saturated carbocycles. The Morgan fingerprint density at radius 2 is 1.86 bits per heavy atom. The second kappa shape index (κ2) is 5.76. The van der Waals surface area contributed by atoms with Gasteiger partial charge in [-0.05, 0) is 0 Å². The molecule has 0 radical (unpaired) electrons. The Labute approximate surface area is 95.9 Å². The molecule has 1 atom stereocenters. The molecule has 1 unspecified atom stereocenters. The molecular weight excluding hydrogens is 277 g/mol. The van der Waals surface area contributed by atoms with E-state index in [2.05, 4.69) is 2.89 Å². The van der Waals surface area contributed by atoms with Gasteiger partial charge in [-0.25, -0.2) is 0 Å². The van der Waals surface area contributed by atoms with Gasteiger partial charge in [-0.3, -0.25) is 0 Å². The van der Waals surface area contributed by atoms with Crippen molar-refractivity contribution in [1.29, 1.82) is 0 Å². The van der Waals surface area contributed by atoms with Crippen LogP contribution in [0.1, 0.15) is 38.5 Å². The molecule has 0 aromatic carbocycles. The normalized spacial score (nSPS) is 30.6. The molecule has 0 aliphatic carbocycles. The molecule has 0 aromatic heterocycles. The van der Waals surface area contributed by atoms with Gasteiger partial charge in [-0.2, -0.15) is 0 Å². The summed E-state index contributed by atoms with van der Waals surface area (Å²) in [5, 5.41) is 0. The molecule has 2 rings (SSSR count). The zero-order chi connectivity index (χ0) is 9.80. The first-order chi connectivity index (χ1) is 6.92. The topological polar surface area (TPSA) is 12.5 Å². The molecule has 80 valence electrons. The summed E-state index contributed by atoms with van der Waals surface area (Å²) < 4.78 is 10.9. The van der Waals surface area contributed by atoms with Crippen molar-refractivity contribution in [2.45, 2.75) is 46.6 Å². The predicted octanol–water partition coefficient (Wildman–Crippen LogP) is 2.20. The third-order valence-corrected chi connectivity index (χ3v) is 15.0. The van der Waals surface area contributed by atoms with Crippen LogP contribution in [0.4, 0.5) is 0 Å². The fourth-order valence-corrected chi connectivity index (χ4v) is 14.1. The van der Waals surface area contributed by atoms with Crippen molar-refractivity contribution in [2.24, 2.45) is 0 Å². The summed E-state index contributed by atoms with van der Waals surface area (Å²) in [6.07, 6.45) is 8.64. The average Bonchev–Trinajstić information content (AvgIpc) is 2.30. The Bertz CT molecular complexity index is 171. The number of methoxy groups -OCH3 is 1. The van der Waals surface area contributed by atoms with E-state index in [0.717, 1.165) is 3.86 Å². The molecule has 2 saturated heterocycles. The molecule has 2 nitrogen and oxygen atoms in total. The number of piperidine rings is 1. The van der Waals surface area contributed by atoms with Gasteiger partial charge in [0.05, 0.1) is 0 Å². The van der Waals surface area contributed by atoms with E-state index in [9.17, 15) is 0 Å². The van der Waals surface area contributed by atoms with E-state index < -0.39 is 21.7 Å². The van der Waals surface area contributed by atoms with Gasteiger partial charge in [0.2, 0.25) is 0 Å². The van der Waals surface area contributed by atoms with E-state index >= 15 is 0 Å². The van der Waals surface area contributed by atoms with Crippen LogP contribution in [0.15, 0.2) is 0 Å². The third-order valence-electron chi connectivity index (χ3n) is 3.83. The molecule has 0 aromatic rings. The molecule has 0 spiro atoms. The van der Waals surface area contributed by atoms with E-state index in [1.807, 2.05) is 7.11 Å². The second-order valence-corrected chi connectivity index (χ2v) is 13.8. The monoisotopic (exact) mass is 299 g/mol. The van der Waals surface area contributed by atoms with E-state index in [-0.39, 0.29) is 0 Å². The molecule has 0 amide bonds. The number of hydrogen-bond donors (Lipinski definition) is 0. The Morgan fingerprint density at radius 3 is 2.57 bits per heavy atom. The van der Waals surface area contributed by atoms with Crippen molar-refractivity contribution in [3.63, 3.8) is 0 Å². The molecule has 2 aliphatic heterocycles. The van der Waals surface area contributed by atoms with Crippen LogP contribution in [0, 0.1) is 0 Å². The second-order valence-electron chi connectivity index (χ2n) is 4.72. The van der Waals surface area contributed by atoms with E-state index in [4.69, 9.17) is 4.74 Å². The summed E-state index contributed by atoms with van der Waals surface area (Å²) in [6.45, 7) is 2.81. The Kier molecular flexibility index (Phi) is 4.64. The van der Waals surface area contributed by atoms with Crippen LogP contribution in [0.2, 0.25) is 4.18 Å². The first kappa shape index (κ1) is 11.3. The average molecular weight is 299 g/mol. The van der Waals surface area contributed by atoms with Gasteiger partial charge >= 0.3 is 96.1 Å². The standard InChI is InChI=1S/C6H12O.C5H10N.In/c1-3-4-5-6-7-2;1-2-4-6-5-3-1;/h6H,1,3-5H2,2H3;1-5H2;/q;-1;+1. The van der Waals surface area contributed by atoms with Gasteiger partial charge in [0, 0.05) is 0 Å². The summed E-state index contributed by atoms with van der Waals surface area (Å²) in [5.41, 5.74) is 0. The van der Waals surface area contributed by atoms with Crippen molar-refractivity contribution in [3.05, 3.63) is 0 Å². The van der Waals surface area contributed by atoms with Gasteiger partial charge in [-0.15, -0.1) is 0 Å². The van der Waals surface area contributed by atoms with Gasteiger partial charge in [0.25, 0.3) is 0 Å². The minimum atomic E-state index is -1.45. The molecule has 0 N–H and O–H groups in total. The SMILES string of the molecule is CO[CH]1CCC[CH2][In]1[N]1CCCCC1. The zero-order valence-electron chi connectivity index (χ0n) is 9.37. The summed E-state index contributed by atoms with van der Waals surface area (Å²) in [7, 11) is 1.93. The third kappa shape index (κ3) is 2.67. The fourth-order valence-electron chi connectivity index (χ4n) is 3.02. The maximum absolute atomic E-state index is 5.71. The van der Waals surface area contributed by atoms with Crippen molar-refractivity contribution in [2.75, 3.05) is 20.2 Å². The Morgan fingerprint density at radius 1 is 1.07 bits per heavy atom. The molecular formula is C11H22InNO. The first-order valence-corrected chi connectivity index (χ1v) is 11.9. The van der Waals surface area contributed by atoms with Crippen LogP contribution in [0.3, 0.4) is 0 Å². The summed E-state index contributed by atoms with van der Waals surface area (Å²) >= 11 is -1.45.